The minimum absolute atomic E-state index is 0.527. The van der Waals surface area contributed by atoms with E-state index in [1.165, 1.54) is 0 Å². The van der Waals surface area contributed by atoms with Gasteiger partial charge in [-0.25, -0.2) is 13.6 Å². The molecule has 1 rings (SSSR count). The molecule has 4 nitrogen and oxygen atoms in total. The molecule has 0 saturated heterocycles. The Balaban J connectivity index is 3.46. The van der Waals surface area contributed by atoms with Crippen LogP contribution in [0.4, 0.5) is 8.78 Å². The van der Waals surface area contributed by atoms with Crippen LogP contribution in [0.25, 0.3) is 0 Å². The Morgan fingerprint density at radius 1 is 1.60 bits per heavy atom. The number of carbonyl (C=O) groups is 1. The summed E-state index contributed by atoms with van der Waals surface area (Å²) in [6.45, 7) is 0. The van der Waals surface area contributed by atoms with E-state index in [1.54, 1.807) is 0 Å². The van der Waals surface area contributed by atoms with Crippen molar-refractivity contribution in [1.82, 2.24) is 4.98 Å². The van der Waals surface area contributed by atoms with Crippen LogP contribution in [0.1, 0.15) is 22.3 Å². The first-order valence-corrected chi connectivity index (χ1v) is 4.14. The Morgan fingerprint density at radius 2 is 2.20 bits per heavy atom. The Labute approximate surface area is 87.8 Å². The highest BCUT2D eigenvalue weighted by Crippen LogP contribution is 2.27. The molecule has 7 heteroatoms. The van der Waals surface area contributed by atoms with Crippen LogP contribution in [0.2, 0.25) is 5.15 Å². The number of esters is 1. The van der Waals surface area contributed by atoms with Crippen LogP contribution in [-0.4, -0.2) is 18.1 Å². The third-order valence-electron chi connectivity index (χ3n) is 1.66. The smallest absolute Gasteiger partial charge is 0.338 e. The molecule has 0 unspecified atom stereocenters. The number of aromatic amines is 1. The summed E-state index contributed by atoms with van der Waals surface area (Å²) >= 11 is 5.39. The van der Waals surface area contributed by atoms with Crippen LogP contribution in [0.5, 0.6) is 0 Å². The van der Waals surface area contributed by atoms with Gasteiger partial charge in [0.15, 0.2) is 0 Å². The quantitative estimate of drug-likeness (QED) is 0.630. The van der Waals surface area contributed by atoms with Gasteiger partial charge in [-0.15, -0.1) is 0 Å². The summed E-state index contributed by atoms with van der Waals surface area (Å²) in [6.07, 6.45) is -2.97. The summed E-state index contributed by atoms with van der Waals surface area (Å²) in [5, 5.41) is -0.557. The lowest BCUT2D eigenvalue weighted by Gasteiger charge is -2.07. The van der Waals surface area contributed by atoms with Gasteiger partial charge in [-0.05, 0) is 0 Å². The Bertz CT molecular complexity index is 444. The molecule has 0 spiro atoms. The van der Waals surface area contributed by atoms with Crippen LogP contribution in [0.15, 0.2) is 10.9 Å². The summed E-state index contributed by atoms with van der Waals surface area (Å²) in [7, 11) is 1.02. The summed E-state index contributed by atoms with van der Waals surface area (Å²) in [4.78, 5) is 24.0. The van der Waals surface area contributed by atoms with Gasteiger partial charge >= 0.3 is 5.97 Å². The van der Waals surface area contributed by atoms with Gasteiger partial charge < -0.3 is 9.72 Å². The predicted octanol–water partition coefficient (Wildman–Crippen LogP) is 1.75. The number of rotatable bonds is 2. The van der Waals surface area contributed by atoms with Gasteiger partial charge in [0.1, 0.15) is 5.15 Å². The van der Waals surface area contributed by atoms with E-state index in [9.17, 15) is 18.4 Å². The van der Waals surface area contributed by atoms with Crippen molar-refractivity contribution in [2.45, 2.75) is 6.43 Å². The number of H-pyrrole nitrogens is 1. The SMILES string of the molecule is COC(=O)c1cc(=O)[nH]c(Cl)c1C(F)F. The number of carbonyl (C=O) groups excluding carboxylic acids is 1. The highest BCUT2D eigenvalue weighted by atomic mass is 35.5. The van der Waals surface area contributed by atoms with Gasteiger partial charge in [0, 0.05) is 6.07 Å². The standard InChI is InChI=1S/C8H6ClF2NO3/c1-15-8(14)3-2-4(13)12-6(9)5(3)7(10)11/h2,7H,1H3,(H,12,13). The first-order chi connectivity index (χ1) is 6.97. The molecule has 0 bridgehead atoms. The molecule has 1 N–H and O–H groups in total. The molecule has 0 amide bonds. The monoisotopic (exact) mass is 237 g/mol. The number of ether oxygens (including phenoxy) is 1. The second-order valence-electron chi connectivity index (χ2n) is 2.57. The van der Waals surface area contributed by atoms with Crippen LogP contribution in [-0.2, 0) is 4.74 Å². The summed E-state index contributed by atoms with van der Waals surface area (Å²) in [5.74, 6) is -1.03. The maximum absolute atomic E-state index is 12.5. The molecule has 82 valence electrons. The van der Waals surface area contributed by atoms with Gasteiger partial charge in [-0.1, -0.05) is 11.6 Å². The maximum atomic E-state index is 12.5. The van der Waals surface area contributed by atoms with Crippen molar-refractivity contribution >= 4 is 17.6 Å². The van der Waals surface area contributed by atoms with Gasteiger partial charge in [0.2, 0.25) is 5.56 Å². The fourth-order valence-corrected chi connectivity index (χ4v) is 1.31. The van der Waals surface area contributed by atoms with Crippen LogP contribution in [0, 0.1) is 0 Å². The largest absolute Gasteiger partial charge is 0.465 e. The van der Waals surface area contributed by atoms with Crippen molar-refractivity contribution in [1.29, 1.82) is 0 Å². The number of hydrogen-bond donors (Lipinski definition) is 1. The Kier molecular flexibility index (Phi) is 3.41. The fourth-order valence-electron chi connectivity index (χ4n) is 1.03. The number of alkyl halides is 2. The minimum Gasteiger partial charge on any atom is -0.465 e. The lowest BCUT2D eigenvalue weighted by Crippen LogP contribution is -2.15. The summed E-state index contributed by atoms with van der Waals surface area (Å²) < 4.78 is 29.3. The average Bonchev–Trinajstić information content (AvgIpc) is 2.14. The number of halogens is 3. The molecular weight excluding hydrogens is 232 g/mol. The second kappa shape index (κ2) is 4.39. The predicted molar refractivity (Wildman–Crippen MR) is 48.4 cm³/mol. The molecular formula is C8H6ClF2NO3. The lowest BCUT2D eigenvalue weighted by atomic mass is 10.1. The van der Waals surface area contributed by atoms with Gasteiger partial charge in [-0.3, -0.25) is 4.79 Å². The third-order valence-corrected chi connectivity index (χ3v) is 1.96. The molecule has 1 heterocycles. The Hall–Kier alpha value is -1.43. The number of hydrogen-bond acceptors (Lipinski definition) is 3. The zero-order valence-corrected chi connectivity index (χ0v) is 8.27. The molecule has 0 aromatic carbocycles. The first kappa shape index (κ1) is 11.6. The van der Waals surface area contributed by atoms with Crippen molar-refractivity contribution < 1.29 is 18.3 Å². The molecule has 0 radical (unpaired) electrons. The van der Waals surface area contributed by atoms with E-state index >= 15 is 0 Å². The normalized spacial score (nSPS) is 10.5. The van der Waals surface area contributed by atoms with E-state index in [0.717, 1.165) is 13.2 Å². The van der Waals surface area contributed by atoms with Crippen molar-refractivity contribution in [3.05, 3.63) is 32.7 Å². The molecule has 1 aromatic rings. The highest BCUT2D eigenvalue weighted by Gasteiger charge is 2.23. The lowest BCUT2D eigenvalue weighted by molar-refractivity contribution is 0.0589. The van der Waals surface area contributed by atoms with Gasteiger partial charge in [0.25, 0.3) is 6.43 Å². The van der Waals surface area contributed by atoms with Crippen molar-refractivity contribution in [2.75, 3.05) is 7.11 Å². The number of aromatic nitrogens is 1. The molecule has 0 aliphatic rings. The van der Waals surface area contributed by atoms with Crippen LogP contribution in [0.3, 0.4) is 0 Å². The fraction of sp³-hybridized carbons (Fsp3) is 0.250. The van der Waals surface area contributed by atoms with E-state index in [2.05, 4.69) is 4.74 Å². The third kappa shape index (κ3) is 2.33. The number of nitrogens with one attached hydrogen (secondary N) is 1. The summed E-state index contributed by atoms with van der Waals surface area (Å²) in [5.41, 5.74) is -2.01. The number of methoxy groups -OCH3 is 1. The molecule has 0 aliphatic heterocycles. The van der Waals surface area contributed by atoms with Crippen molar-refractivity contribution in [2.24, 2.45) is 0 Å². The molecule has 0 fully saturated rings. The average molecular weight is 238 g/mol. The highest BCUT2D eigenvalue weighted by molar-refractivity contribution is 6.30. The first-order valence-electron chi connectivity index (χ1n) is 3.76. The zero-order valence-electron chi connectivity index (χ0n) is 7.51. The van der Waals surface area contributed by atoms with E-state index in [4.69, 9.17) is 11.6 Å². The van der Waals surface area contributed by atoms with Crippen molar-refractivity contribution in [3.63, 3.8) is 0 Å². The Morgan fingerprint density at radius 3 is 2.67 bits per heavy atom. The van der Waals surface area contributed by atoms with Crippen LogP contribution >= 0.6 is 11.6 Å². The second-order valence-corrected chi connectivity index (χ2v) is 2.95. The minimum atomic E-state index is -2.97. The van der Waals surface area contributed by atoms with E-state index in [0.29, 0.717) is 0 Å². The van der Waals surface area contributed by atoms with Crippen LogP contribution < -0.4 is 5.56 Å². The summed E-state index contributed by atoms with van der Waals surface area (Å²) in [6, 6.07) is 0.721. The van der Waals surface area contributed by atoms with E-state index in [-0.39, 0.29) is 0 Å². The van der Waals surface area contributed by atoms with E-state index in [1.807, 2.05) is 4.98 Å². The zero-order chi connectivity index (χ0) is 11.6. The van der Waals surface area contributed by atoms with Gasteiger partial charge in [-0.2, -0.15) is 0 Å². The molecule has 1 aromatic heterocycles. The topological polar surface area (TPSA) is 59.2 Å². The molecule has 0 atom stereocenters. The number of pyridine rings is 1. The van der Waals surface area contributed by atoms with E-state index < -0.39 is 34.2 Å². The van der Waals surface area contributed by atoms with Gasteiger partial charge in [0.05, 0.1) is 18.2 Å². The molecule has 0 aliphatic carbocycles. The molecule has 15 heavy (non-hydrogen) atoms. The molecule has 0 saturated carbocycles. The maximum Gasteiger partial charge on any atom is 0.338 e. The van der Waals surface area contributed by atoms with Crippen molar-refractivity contribution in [3.8, 4) is 0 Å².